The second-order valence-corrected chi connectivity index (χ2v) is 2.66. The number of hydrogen-bond donors (Lipinski definition) is 0. The number of methoxy groups -OCH3 is 1. The van der Waals surface area contributed by atoms with Crippen molar-refractivity contribution in [3.63, 3.8) is 0 Å². The minimum Gasteiger partial charge on any atom is -0.465 e. The minimum atomic E-state index is -0.819. The first kappa shape index (κ1) is 10.4. The summed E-state index contributed by atoms with van der Waals surface area (Å²) in [6, 6.07) is 0.994. The van der Waals surface area contributed by atoms with Crippen LogP contribution in [0.25, 0.3) is 0 Å². The van der Waals surface area contributed by atoms with E-state index in [1.807, 2.05) is 0 Å². The molecule has 0 N–H and O–H groups in total. The molecular formula is C7H5ClN2O4. The van der Waals surface area contributed by atoms with E-state index in [1.165, 1.54) is 0 Å². The van der Waals surface area contributed by atoms with E-state index in [4.69, 9.17) is 11.6 Å². The molecule has 0 aliphatic rings. The number of rotatable bonds is 2. The average Bonchev–Trinajstić information content (AvgIpc) is 2.16. The molecule has 0 fully saturated rings. The van der Waals surface area contributed by atoms with E-state index in [2.05, 4.69) is 9.72 Å². The van der Waals surface area contributed by atoms with Gasteiger partial charge in [0.2, 0.25) is 0 Å². The van der Waals surface area contributed by atoms with E-state index in [-0.39, 0.29) is 10.7 Å². The molecule has 14 heavy (non-hydrogen) atoms. The Hall–Kier alpha value is -1.69. The van der Waals surface area contributed by atoms with Crippen LogP contribution in [0.3, 0.4) is 0 Å². The largest absolute Gasteiger partial charge is 0.465 e. The van der Waals surface area contributed by atoms with Crippen molar-refractivity contribution in [2.45, 2.75) is 0 Å². The predicted octanol–water partition coefficient (Wildman–Crippen LogP) is 1.43. The molecule has 0 atom stereocenters. The first-order valence-corrected chi connectivity index (χ1v) is 3.82. The Morgan fingerprint density at radius 3 is 2.86 bits per heavy atom. The Morgan fingerprint density at radius 2 is 2.36 bits per heavy atom. The third-order valence-corrected chi connectivity index (χ3v) is 1.66. The van der Waals surface area contributed by atoms with Gasteiger partial charge in [0.25, 0.3) is 5.69 Å². The van der Waals surface area contributed by atoms with Gasteiger partial charge in [0.15, 0.2) is 5.56 Å². The van der Waals surface area contributed by atoms with Crippen LogP contribution < -0.4 is 0 Å². The van der Waals surface area contributed by atoms with Crippen LogP contribution in [0.4, 0.5) is 5.69 Å². The maximum Gasteiger partial charge on any atom is 0.346 e. The van der Waals surface area contributed by atoms with Gasteiger partial charge in [-0.1, -0.05) is 11.6 Å². The summed E-state index contributed by atoms with van der Waals surface area (Å²) in [5.74, 6) is -0.819. The average molecular weight is 217 g/mol. The number of nitrogens with zero attached hydrogens (tertiary/aromatic N) is 2. The number of carbonyl (C=O) groups is 1. The molecule has 7 heteroatoms. The standard InChI is InChI=1S/C7H5ClN2O4/c1-14-7(11)4-3-9-6(8)2-5(4)10(12)13/h2-3H,1H3. The van der Waals surface area contributed by atoms with Gasteiger partial charge in [0.05, 0.1) is 24.3 Å². The Bertz CT molecular complexity index is 393. The van der Waals surface area contributed by atoms with E-state index in [1.54, 1.807) is 0 Å². The van der Waals surface area contributed by atoms with Gasteiger partial charge in [-0.3, -0.25) is 10.1 Å². The minimum absolute atomic E-state index is 0.0515. The monoisotopic (exact) mass is 216 g/mol. The molecule has 1 aromatic heterocycles. The Kier molecular flexibility index (Phi) is 2.98. The quantitative estimate of drug-likeness (QED) is 0.323. The summed E-state index contributed by atoms with van der Waals surface area (Å²) in [4.78, 5) is 24.4. The van der Waals surface area contributed by atoms with Crippen LogP contribution in [0.2, 0.25) is 5.15 Å². The molecule has 0 saturated carbocycles. The van der Waals surface area contributed by atoms with Crippen molar-refractivity contribution in [2.75, 3.05) is 7.11 Å². The summed E-state index contributed by atoms with van der Waals surface area (Å²) in [6.07, 6.45) is 1.01. The highest BCUT2D eigenvalue weighted by atomic mass is 35.5. The molecule has 0 aromatic carbocycles. The van der Waals surface area contributed by atoms with E-state index in [9.17, 15) is 14.9 Å². The maximum atomic E-state index is 11.0. The second kappa shape index (κ2) is 4.01. The van der Waals surface area contributed by atoms with Gasteiger partial charge in [0.1, 0.15) is 5.15 Å². The summed E-state index contributed by atoms with van der Waals surface area (Å²) < 4.78 is 4.34. The molecule has 0 aliphatic heterocycles. The molecule has 0 radical (unpaired) electrons. The zero-order chi connectivity index (χ0) is 10.7. The summed E-state index contributed by atoms with van der Waals surface area (Å²) in [7, 11) is 1.13. The fourth-order valence-corrected chi connectivity index (χ4v) is 0.991. The third-order valence-electron chi connectivity index (χ3n) is 1.45. The second-order valence-electron chi connectivity index (χ2n) is 2.27. The normalized spacial score (nSPS) is 9.57. The van der Waals surface area contributed by atoms with E-state index < -0.39 is 16.6 Å². The zero-order valence-electron chi connectivity index (χ0n) is 7.06. The molecule has 74 valence electrons. The van der Waals surface area contributed by atoms with Gasteiger partial charge >= 0.3 is 5.97 Å². The highest BCUT2D eigenvalue weighted by molar-refractivity contribution is 6.29. The Morgan fingerprint density at radius 1 is 1.71 bits per heavy atom. The summed E-state index contributed by atoms with van der Waals surface area (Å²) >= 11 is 5.44. The van der Waals surface area contributed by atoms with Gasteiger partial charge in [-0.05, 0) is 0 Å². The summed E-state index contributed by atoms with van der Waals surface area (Å²) in [5.41, 5.74) is -0.640. The molecule has 0 aliphatic carbocycles. The van der Waals surface area contributed by atoms with Gasteiger partial charge < -0.3 is 4.74 Å². The van der Waals surface area contributed by atoms with Crippen LogP contribution >= 0.6 is 11.6 Å². The topological polar surface area (TPSA) is 82.3 Å². The summed E-state index contributed by atoms with van der Waals surface area (Å²) in [6.45, 7) is 0. The van der Waals surface area contributed by atoms with Crippen LogP contribution in [0.5, 0.6) is 0 Å². The van der Waals surface area contributed by atoms with Crippen LogP contribution in [-0.4, -0.2) is 23.0 Å². The zero-order valence-corrected chi connectivity index (χ0v) is 7.82. The number of ether oxygens (including phenoxy) is 1. The van der Waals surface area contributed by atoms with Crippen molar-refractivity contribution in [2.24, 2.45) is 0 Å². The molecule has 0 bridgehead atoms. The lowest BCUT2D eigenvalue weighted by Gasteiger charge is -1.99. The predicted molar refractivity (Wildman–Crippen MR) is 47.2 cm³/mol. The number of esters is 1. The smallest absolute Gasteiger partial charge is 0.346 e. The highest BCUT2D eigenvalue weighted by Crippen LogP contribution is 2.21. The molecular weight excluding hydrogens is 212 g/mol. The van der Waals surface area contributed by atoms with Gasteiger partial charge in [-0.25, -0.2) is 9.78 Å². The van der Waals surface area contributed by atoms with Crippen molar-refractivity contribution < 1.29 is 14.5 Å². The van der Waals surface area contributed by atoms with Crippen LogP contribution in [0, 0.1) is 10.1 Å². The lowest BCUT2D eigenvalue weighted by atomic mass is 10.2. The van der Waals surface area contributed by atoms with Crippen molar-refractivity contribution in [1.29, 1.82) is 0 Å². The lowest BCUT2D eigenvalue weighted by molar-refractivity contribution is -0.385. The van der Waals surface area contributed by atoms with Crippen molar-refractivity contribution >= 4 is 23.3 Å². The van der Waals surface area contributed by atoms with Crippen LogP contribution in [0.15, 0.2) is 12.3 Å². The Balaban J connectivity index is 3.28. The van der Waals surface area contributed by atoms with Crippen LogP contribution in [-0.2, 0) is 4.74 Å². The van der Waals surface area contributed by atoms with Gasteiger partial charge in [-0.2, -0.15) is 0 Å². The van der Waals surface area contributed by atoms with Crippen molar-refractivity contribution in [1.82, 2.24) is 4.98 Å². The number of carbonyl (C=O) groups excluding carboxylic acids is 1. The number of pyridine rings is 1. The molecule has 1 heterocycles. The maximum absolute atomic E-state index is 11.0. The molecule has 6 nitrogen and oxygen atoms in total. The number of aromatic nitrogens is 1. The van der Waals surface area contributed by atoms with E-state index >= 15 is 0 Å². The van der Waals surface area contributed by atoms with Crippen LogP contribution in [0.1, 0.15) is 10.4 Å². The number of nitro groups is 1. The number of hydrogen-bond acceptors (Lipinski definition) is 5. The van der Waals surface area contributed by atoms with Crippen molar-refractivity contribution in [3.8, 4) is 0 Å². The first-order valence-electron chi connectivity index (χ1n) is 3.44. The van der Waals surface area contributed by atoms with Gasteiger partial charge in [-0.15, -0.1) is 0 Å². The lowest BCUT2D eigenvalue weighted by Crippen LogP contribution is -2.06. The van der Waals surface area contributed by atoms with Crippen molar-refractivity contribution in [3.05, 3.63) is 33.1 Å². The van der Waals surface area contributed by atoms with E-state index in [0.29, 0.717) is 0 Å². The Labute approximate surface area is 83.6 Å². The highest BCUT2D eigenvalue weighted by Gasteiger charge is 2.21. The molecule has 0 unspecified atom stereocenters. The van der Waals surface area contributed by atoms with Gasteiger partial charge in [0, 0.05) is 0 Å². The molecule has 1 rings (SSSR count). The summed E-state index contributed by atoms with van der Waals surface area (Å²) in [5, 5.41) is 10.5. The fourth-order valence-electron chi connectivity index (χ4n) is 0.838. The molecule has 0 spiro atoms. The SMILES string of the molecule is COC(=O)c1cnc(Cl)cc1[N+](=O)[O-]. The molecule has 0 saturated heterocycles. The van der Waals surface area contributed by atoms with E-state index in [0.717, 1.165) is 19.4 Å². The fraction of sp³-hybridized carbons (Fsp3) is 0.143. The third kappa shape index (κ3) is 1.97. The molecule has 0 amide bonds. The first-order chi connectivity index (χ1) is 6.56. The number of halogens is 1. The molecule has 1 aromatic rings.